The molecule has 1 aromatic carbocycles. The second-order valence-corrected chi connectivity index (χ2v) is 8.29. The summed E-state index contributed by atoms with van der Waals surface area (Å²) in [7, 11) is 1.58. The van der Waals surface area contributed by atoms with Crippen molar-refractivity contribution < 1.29 is 24.2 Å². The van der Waals surface area contributed by atoms with Crippen molar-refractivity contribution in [2.24, 2.45) is 0 Å². The second kappa shape index (κ2) is 10.5. The molecule has 1 aromatic rings. The van der Waals surface area contributed by atoms with E-state index < -0.39 is 5.97 Å². The fourth-order valence-electron chi connectivity index (χ4n) is 2.69. The van der Waals surface area contributed by atoms with E-state index in [1.54, 1.807) is 18.1 Å². The van der Waals surface area contributed by atoms with Crippen LogP contribution in [-0.4, -0.2) is 46.0 Å². The van der Waals surface area contributed by atoms with Crippen LogP contribution in [0.2, 0.25) is 0 Å². The lowest BCUT2D eigenvalue weighted by atomic mass is 10.1. The smallest absolute Gasteiger partial charge is 0.303 e. The highest BCUT2D eigenvalue weighted by atomic mass is 32.2. The number of thiocarbonyl (C=S) groups is 1. The fourth-order valence-corrected chi connectivity index (χ4v) is 4.00. The average molecular weight is 424 g/mol. The third-order valence-corrected chi connectivity index (χ3v) is 5.37. The van der Waals surface area contributed by atoms with E-state index in [4.69, 9.17) is 26.8 Å². The average Bonchev–Trinajstić information content (AvgIpc) is 2.89. The number of amides is 1. The minimum atomic E-state index is -0.797. The molecule has 1 aliphatic heterocycles. The van der Waals surface area contributed by atoms with E-state index >= 15 is 0 Å². The monoisotopic (exact) mass is 423 g/mol. The van der Waals surface area contributed by atoms with E-state index in [1.807, 2.05) is 32.0 Å². The molecule has 2 rings (SSSR count). The predicted octanol–water partition coefficient (Wildman–Crippen LogP) is 4.33. The molecule has 0 unspecified atom stereocenters. The van der Waals surface area contributed by atoms with Gasteiger partial charge in [-0.15, -0.1) is 0 Å². The van der Waals surface area contributed by atoms with Crippen LogP contribution in [0.4, 0.5) is 0 Å². The van der Waals surface area contributed by atoms with Crippen LogP contribution in [0.5, 0.6) is 11.5 Å². The minimum Gasteiger partial charge on any atom is -0.493 e. The molecular weight excluding hydrogens is 398 g/mol. The first-order valence-corrected chi connectivity index (χ1v) is 10.4. The van der Waals surface area contributed by atoms with Crippen molar-refractivity contribution in [3.63, 3.8) is 0 Å². The van der Waals surface area contributed by atoms with E-state index in [-0.39, 0.29) is 18.4 Å². The van der Waals surface area contributed by atoms with Crippen molar-refractivity contribution in [3.05, 3.63) is 28.7 Å². The first-order valence-electron chi connectivity index (χ1n) is 9.13. The summed E-state index contributed by atoms with van der Waals surface area (Å²) < 4.78 is 11.6. The Hall–Kier alpha value is -2.06. The topological polar surface area (TPSA) is 76.1 Å². The third-order valence-electron chi connectivity index (χ3n) is 3.99. The van der Waals surface area contributed by atoms with Crippen molar-refractivity contribution >= 4 is 46.3 Å². The number of ether oxygens (including phenoxy) is 2. The van der Waals surface area contributed by atoms with Gasteiger partial charge < -0.3 is 14.6 Å². The summed E-state index contributed by atoms with van der Waals surface area (Å²) in [6.07, 6.45) is 4.05. The molecule has 152 valence electrons. The largest absolute Gasteiger partial charge is 0.493 e. The summed E-state index contributed by atoms with van der Waals surface area (Å²) in [6, 6.07) is 5.53. The zero-order valence-electron chi connectivity index (χ0n) is 16.3. The van der Waals surface area contributed by atoms with Gasteiger partial charge in [0, 0.05) is 13.0 Å². The van der Waals surface area contributed by atoms with Gasteiger partial charge in [0.05, 0.1) is 18.1 Å². The third kappa shape index (κ3) is 6.24. The molecule has 28 heavy (non-hydrogen) atoms. The maximum absolute atomic E-state index is 12.7. The van der Waals surface area contributed by atoms with Gasteiger partial charge in [0.15, 0.2) is 11.5 Å². The van der Waals surface area contributed by atoms with Gasteiger partial charge in [-0.2, -0.15) is 0 Å². The molecule has 8 heteroatoms. The van der Waals surface area contributed by atoms with Gasteiger partial charge in [0.1, 0.15) is 4.32 Å². The van der Waals surface area contributed by atoms with Gasteiger partial charge in [0.25, 0.3) is 5.91 Å². The lowest BCUT2D eigenvalue weighted by molar-refractivity contribution is -0.137. The molecule has 1 fully saturated rings. The van der Waals surface area contributed by atoms with Crippen LogP contribution >= 0.6 is 24.0 Å². The van der Waals surface area contributed by atoms with Crippen LogP contribution < -0.4 is 9.47 Å². The highest BCUT2D eigenvalue weighted by Gasteiger charge is 2.31. The van der Waals surface area contributed by atoms with Crippen LogP contribution in [-0.2, 0) is 9.59 Å². The number of methoxy groups -OCH3 is 1. The number of benzene rings is 1. The molecule has 1 amide bonds. The van der Waals surface area contributed by atoms with E-state index in [1.165, 1.54) is 11.8 Å². The Balaban J connectivity index is 2.03. The van der Waals surface area contributed by atoms with Crippen molar-refractivity contribution in [3.8, 4) is 11.5 Å². The molecule has 0 bridgehead atoms. The van der Waals surface area contributed by atoms with Gasteiger partial charge in [-0.05, 0) is 50.5 Å². The molecule has 0 aromatic heterocycles. The Morgan fingerprint density at radius 1 is 1.29 bits per heavy atom. The Morgan fingerprint density at radius 3 is 2.68 bits per heavy atom. The zero-order valence-corrected chi connectivity index (χ0v) is 17.9. The molecule has 6 nitrogen and oxygen atoms in total. The summed E-state index contributed by atoms with van der Waals surface area (Å²) in [5, 5.41) is 8.67. The summed E-state index contributed by atoms with van der Waals surface area (Å²) >= 11 is 6.61. The number of carboxylic acid groups (broad SMARTS) is 1. The quantitative estimate of drug-likeness (QED) is 0.341. The number of unbranched alkanes of at least 4 members (excludes halogenated alkanes) is 2. The lowest BCUT2D eigenvalue weighted by Gasteiger charge is -2.14. The summed E-state index contributed by atoms with van der Waals surface area (Å²) in [5.74, 6) is 0.350. The van der Waals surface area contributed by atoms with E-state index in [0.717, 1.165) is 18.4 Å². The number of hydrogen-bond acceptors (Lipinski definition) is 6. The molecule has 0 aliphatic carbocycles. The lowest BCUT2D eigenvalue weighted by Crippen LogP contribution is -2.29. The Bertz CT molecular complexity index is 776. The maximum atomic E-state index is 12.7. The summed E-state index contributed by atoms with van der Waals surface area (Å²) in [6.45, 7) is 4.40. The van der Waals surface area contributed by atoms with Crippen LogP contribution in [0.15, 0.2) is 23.1 Å². The highest BCUT2D eigenvalue weighted by Crippen LogP contribution is 2.35. The molecule has 0 spiro atoms. The second-order valence-electron chi connectivity index (χ2n) is 6.61. The van der Waals surface area contributed by atoms with Crippen LogP contribution in [0, 0.1) is 0 Å². The number of carbonyl (C=O) groups excluding carboxylic acids is 1. The molecule has 0 saturated carbocycles. The number of carbonyl (C=O) groups is 2. The van der Waals surface area contributed by atoms with Crippen molar-refractivity contribution in [2.75, 3.05) is 13.7 Å². The predicted molar refractivity (Wildman–Crippen MR) is 115 cm³/mol. The summed E-state index contributed by atoms with van der Waals surface area (Å²) in [4.78, 5) is 25.4. The van der Waals surface area contributed by atoms with Crippen LogP contribution in [0.3, 0.4) is 0 Å². The standard InChI is InChI=1S/C20H25NO5S2/c1-13(2)26-15-9-8-14(11-16(15)25-3)12-17-19(24)21(20(27)28-17)10-6-4-5-7-18(22)23/h8-9,11-13H,4-7,10H2,1-3H3,(H,22,23)/b17-12-. The fraction of sp³-hybridized carbons (Fsp3) is 0.450. The normalized spacial score (nSPS) is 15.6. The zero-order chi connectivity index (χ0) is 20.7. The van der Waals surface area contributed by atoms with E-state index in [2.05, 4.69) is 0 Å². The Morgan fingerprint density at radius 2 is 2.04 bits per heavy atom. The molecule has 0 radical (unpaired) electrons. The van der Waals surface area contributed by atoms with Crippen molar-refractivity contribution in [1.82, 2.24) is 4.90 Å². The molecule has 1 N–H and O–H groups in total. The van der Waals surface area contributed by atoms with Crippen LogP contribution in [0.25, 0.3) is 6.08 Å². The molecule has 1 heterocycles. The van der Waals surface area contributed by atoms with E-state index in [0.29, 0.717) is 33.7 Å². The number of nitrogens with zero attached hydrogens (tertiary/aromatic N) is 1. The molecule has 0 atom stereocenters. The van der Waals surface area contributed by atoms with Gasteiger partial charge in [-0.25, -0.2) is 0 Å². The van der Waals surface area contributed by atoms with Crippen molar-refractivity contribution in [1.29, 1.82) is 0 Å². The number of carboxylic acids is 1. The number of hydrogen-bond donors (Lipinski definition) is 1. The number of thioether (sulfide) groups is 1. The number of rotatable bonds is 10. The first-order chi connectivity index (χ1) is 13.3. The van der Waals surface area contributed by atoms with Crippen LogP contribution in [0.1, 0.15) is 45.1 Å². The molecule has 1 aliphatic rings. The minimum absolute atomic E-state index is 0.0338. The molecular formula is C20H25NO5S2. The molecule has 1 saturated heterocycles. The van der Waals surface area contributed by atoms with Gasteiger partial charge in [-0.1, -0.05) is 36.5 Å². The Labute approximate surface area is 174 Å². The maximum Gasteiger partial charge on any atom is 0.303 e. The number of aliphatic carboxylic acids is 1. The highest BCUT2D eigenvalue weighted by molar-refractivity contribution is 8.26. The first kappa shape index (κ1) is 22.2. The van der Waals surface area contributed by atoms with Gasteiger partial charge >= 0.3 is 5.97 Å². The Kier molecular flexibility index (Phi) is 8.32. The SMILES string of the molecule is COc1cc(/C=C2\SC(=S)N(CCCCCC(=O)O)C2=O)ccc1OC(C)C. The van der Waals surface area contributed by atoms with Crippen molar-refractivity contribution in [2.45, 2.75) is 45.6 Å². The van der Waals surface area contributed by atoms with Gasteiger partial charge in [-0.3, -0.25) is 14.5 Å². The van der Waals surface area contributed by atoms with E-state index in [9.17, 15) is 9.59 Å². The summed E-state index contributed by atoms with van der Waals surface area (Å²) in [5.41, 5.74) is 0.829. The van der Waals surface area contributed by atoms with Gasteiger partial charge in [0.2, 0.25) is 0 Å².